The standard InChI is InChI=1S/C17H20N2O2/c1-5-10-20-16-9-7-6-8-15(16)11-18-12(2)17-13(3)19-21-14(17)4/h1,6-9,12,18H,10-11H2,2-4H3. The zero-order valence-corrected chi connectivity index (χ0v) is 12.6. The van der Waals surface area contributed by atoms with Crippen LogP contribution in [0.3, 0.4) is 0 Å². The van der Waals surface area contributed by atoms with E-state index in [2.05, 4.69) is 23.3 Å². The molecule has 0 aliphatic heterocycles. The van der Waals surface area contributed by atoms with Crippen LogP contribution in [-0.4, -0.2) is 11.8 Å². The maximum Gasteiger partial charge on any atom is 0.148 e. The molecule has 1 unspecified atom stereocenters. The fourth-order valence-corrected chi connectivity index (χ4v) is 2.38. The number of ether oxygens (including phenoxy) is 1. The molecule has 2 rings (SSSR count). The second kappa shape index (κ2) is 6.96. The Kier molecular flexibility index (Phi) is 5.02. The molecular weight excluding hydrogens is 264 g/mol. The summed E-state index contributed by atoms with van der Waals surface area (Å²) in [6, 6.07) is 8.03. The minimum absolute atomic E-state index is 0.150. The van der Waals surface area contributed by atoms with E-state index in [-0.39, 0.29) is 12.6 Å². The number of aryl methyl sites for hydroxylation is 2. The van der Waals surface area contributed by atoms with Gasteiger partial charge in [-0.2, -0.15) is 0 Å². The van der Waals surface area contributed by atoms with Crippen LogP contribution in [0.2, 0.25) is 0 Å². The van der Waals surface area contributed by atoms with Gasteiger partial charge in [-0.15, -0.1) is 6.42 Å². The number of hydrogen-bond donors (Lipinski definition) is 1. The van der Waals surface area contributed by atoms with E-state index in [1.165, 1.54) is 0 Å². The summed E-state index contributed by atoms with van der Waals surface area (Å²) >= 11 is 0. The summed E-state index contributed by atoms with van der Waals surface area (Å²) in [5.74, 6) is 4.15. The lowest BCUT2D eigenvalue weighted by molar-refractivity contribution is 0.363. The zero-order valence-electron chi connectivity index (χ0n) is 12.6. The highest BCUT2D eigenvalue weighted by Gasteiger charge is 2.16. The Morgan fingerprint density at radius 2 is 2.14 bits per heavy atom. The Balaban J connectivity index is 2.05. The van der Waals surface area contributed by atoms with Crippen LogP contribution in [0.5, 0.6) is 5.75 Å². The van der Waals surface area contributed by atoms with Gasteiger partial charge in [0.05, 0.1) is 5.69 Å². The molecule has 4 heteroatoms. The van der Waals surface area contributed by atoms with E-state index < -0.39 is 0 Å². The van der Waals surface area contributed by atoms with Crippen LogP contribution in [0.4, 0.5) is 0 Å². The molecule has 1 heterocycles. The van der Waals surface area contributed by atoms with Crippen molar-refractivity contribution < 1.29 is 9.26 Å². The molecule has 0 spiro atoms. The first kappa shape index (κ1) is 15.1. The Morgan fingerprint density at radius 3 is 2.81 bits per heavy atom. The van der Waals surface area contributed by atoms with Crippen molar-refractivity contribution in [1.29, 1.82) is 0 Å². The summed E-state index contributed by atoms with van der Waals surface area (Å²) in [5, 5.41) is 7.46. The number of nitrogens with zero attached hydrogens (tertiary/aromatic N) is 1. The molecule has 0 fully saturated rings. The van der Waals surface area contributed by atoms with Gasteiger partial charge in [-0.1, -0.05) is 29.3 Å². The smallest absolute Gasteiger partial charge is 0.148 e. The van der Waals surface area contributed by atoms with Gasteiger partial charge in [0.1, 0.15) is 18.1 Å². The second-order valence-electron chi connectivity index (χ2n) is 4.94. The van der Waals surface area contributed by atoms with Crippen molar-refractivity contribution in [1.82, 2.24) is 10.5 Å². The molecule has 0 aliphatic carbocycles. The van der Waals surface area contributed by atoms with Gasteiger partial charge in [0.2, 0.25) is 0 Å². The third-order valence-corrected chi connectivity index (χ3v) is 3.40. The average Bonchev–Trinajstić information content (AvgIpc) is 2.82. The molecule has 0 saturated heterocycles. The molecule has 0 bridgehead atoms. The Morgan fingerprint density at radius 1 is 1.38 bits per heavy atom. The third kappa shape index (κ3) is 3.65. The van der Waals surface area contributed by atoms with Crippen molar-refractivity contribution in [3.63, 3.8) is 0 Å². The van der Waals surface area contributed by atoms with Crippen LogP contribution < -0.4 is 10.1 Å². The van der Waals surface area contributed by atoms with Gasteiger partial charge in [-0.25, -0.2) is 0 Å². The van der Waals surface area contributed by atoms with Crippen molar-refractivity contribution in [2.45, 2.75) is 33.4 Å². The van der Waals surface area contributed by atoms with Crippen LogP contribution in [0.1, 0.15) is 35.5 Å². The average molecular weight is 284 g/mol. The van der Waals surface area contributed by atoms with E-state index in [1.807, 2.05) is 38.1 Å². The normalized spacial score (nSPS) is 11.9. The third-order valence-electron chi connectivity index (χ3n) is 3.40. The molecule has 1 atom stereocenters. The number of hydrogen-bond acceptors (Lipinski definition) is 4. The van der Waals surface area contributed by atoms with E-state index in [4.69, 9.17) is 15.7 Å². The van der Waals surface area contributed by atoms with Crippen molar-refractivity contribution in [2.75, 3.05) is 6.61 Å². The lowest BCUT2D eigenvalue weighted by Crippen LogP contribution is -2.19. The van der Waals surface area contributed by atoms with Crippen molar-refractivity contribution in [3.8, 4) is 18.1 Å². The van der Waals surface area contributed by atoms with Gasteiger partial charge in [0, 0.05) is 23.7 Å². The van der Waals surface area contributed by atoms with Gasteiger partial charge in [0.25, 0.3) is 0 Å². The number of nitrogens with one attached hydrogen (secondary N) is 1. The molecule has 0 amide bonds. The highest BCUT2D eigenvalue weighted by Crippen LogP contribution is 2.23. The van der Waals surface area contributed by atoms with E-state index in [0.29, 0.717) is 6.54 Å². The maximum atomic E-state index is 5.55. The van der Waals surface area contributed by atoms with Crippen LogP contribution in [0, 0.1) is 26.2 Å². The van der Waals surface area contributed by atoms with E-state index in [9.17, 15) is 0 Å². The monoisotopic (exact) mass is 284 g/mol. The molecule has 1 aromatic carbocycles. The quantitative estimate of drug-likeness (QED) is 0.828. The van der Waals surface area contributed by atoms with E-state index in [1.54, 1.807) is 0 Å². The van der Waals surface area contributed by atoms with E-state index >= 15 is 0 Å². The molecule has 1 N–H and O–H groups in total. The Labute approximate surface area is 125 Å². The molecule has 0 aliphatic rings. The lowest BCUT2D eigenvalue weighted by Gasteiger charge is -2.15. The number of aromatic nitrogens is 1. The van der Waals surface area contributed by atoms with Crippen LogP contribution in [0.25, 0.3) is 0 Å². The van der Waals surface area contributed by atoms with Crippen LogP contribution in [-0.2, 0) is 6.54 Å². The van der Waals surface area contributed by atoms with Crippen LogP contribution >= 0.6 is 0 Å². The van der Waals surface area contributed by atoms with Gasteiger partial charge < -0.3 is 14.6 Å². The first-order chi connectivity index (χ1) is 10.1. The van der Waals surface area contributed by atoms with Crippen LogP contribution in [0.15, 0.2) is 28.8 Å². The summed E-state index contributed by atoms with van der Waals surface area (Å²) in [5.41, 5.74) is 3.10. The molecule has 110 valence electrons. The number of rotatable bonds is 6. The number of terminal acetylenes is 1. The van der Waals surface area contributed by atoms with Crippen molar-refractivity contribution in [3.05, 3.63) is 46.8 Å². The molecule has 1 aromatic heterocycles. The van der Waals surface area contributed by atoms with E-state index in [0.717, 1.165) is 28.3 Å². The topological polar surface area (TPSA) is 47.3 Å². The van der Waals surface area contributed by atoms with Gasteiger partial charge in [-0.05, 0) is 26.8 Å². The van der Waals surface area contributed by atoms with Crippen molar-refractivity contribution >= 4 is 0 Å². The Bertz CT molecular complexity index is 621. The fraction of sp³-hybridized carbons (Fsp3) is 0.353. The molecule has 2 aromatic rings. The summed E-state index contributed by atoms with van der Waals surface area (Å²) in [4.78, 5) is 0. The summed E-state index contributed by atoms with van der Waals surface area (Å²) < 4.78 is 10.8. The SMILES string of the molecule is C#CCOc1ccccc1CNC(C)c1c(C)noc1C. The minimum atomic E-state index is 0.150. The maximum absolute atomic E-state index is 5.55. The molecular formula is C17H20N2O2. The zero-order chi connectivity index (χ0) is 15.2. The highest BCUT2D eigenvalue weighted by atomic mass is 16.5. The first-order valence-electron chi connectivity index (χ1n) is 6.93. The minimum Gasteiger partial charge on any atom is -0.481 e. The summed E-state index contributed by atoms with van der Waals surface area (Å²) in [6.07, 6.45) is 5.24. The summed E-state index contributed by atoms with van der Waals surface area (Å²) in [7, 11) is 0. The molecule has 21 heavy (non-hydrogen) atoms. The first-order valence-corrected chi connectivity index (χ1v) is 6.93. The predicted molar refractivity (Wildman–Crippen MR) is 82.0 cm³/mol. The molecule has 4 nitrogen and oxygen atoms in total. The number of benzene rings is 1. The predicted octanol–water partition coefficient (Wildman–Crippen LogP) is 3.15. The van der Waals surface area contributed by atoms with Gasteiger partial charge >= 0.3 is 0 Å². The second-order valence-corrected chi connectivity index (χ2v) is 4.94. The Hall–Kier alpha value is -2.25. The van der Waals surface area contributed by atoms with Gasteiger partial charge in [-0.3, -0.25) is 0 Å². The number of para-hydroxylation sites is 1. The fourth-order valence-electron chi connectivity index (χ4n) is 2.38. The summed E-state index contributed by atoms with van der Waals surface area (Å²) in [6.45, 7) is 6.94. The lowest BCUT2D eigenvalue weighted by atomic mass is 10.1. The highest BCUT2D eigenvalue weighted by molar-refractivity contribution is 5.34. The largest absolute Gasteiger partial charge is 0.481 e. The molecule has 0 saturated carbocycles. The molecule has 0 radical (unpaired) electrons. The van der Waals surface area contributed by atoms with Crippen molar-refractivity contribution in [2.24, 2.45) is 0 Å². The van der Waals surface area contributed by atoms with Gasteiger partial charge in [0.15, 0.2) is 0 Å².